The molecule has 0 atom stereocenters. The summed E-state index contributed by atoms with van der Waals surface area (Å²) in [6.45, 7) is 0.741. The number of nitrogens with one attached hydrogen (secondary N) is 1. The van der Waals surface area contributed by atoms with Crippen LogP contribution in [-0.2, 0) is 9.84 Å². The van der Waals surface area contributed by atoms with E-state index in [4.69, 9.17) is 5.73 Å². The van der Waals surface area contributed by atoms with Gasteiger partial charge in [0.05, 0.1) is 4.90 Å². The lowest BCUT2D eigenvalue weighted by Gasteiger charge is -2.38. The Morgan fingerprint density at radius 3 is 2.29 bits per heavy atom. The first-order valence-corrected chi connectivity index (χ1v) is 7.61. The highest BCUT2D eigenvalue weighted by atomic mass is 32.2. The van der Waals surface area contributed by atoms with Crippen LogP contribution in [0.25, 0.3) is 0 Å². The third-order valence-electron chi connectivity index (χ3n) is 3.28. The van der Waals surface area contributed by atoms with Gasteiger partial charge in [-0.15, -0.1) is 0 Å². The molecule has 2 rings (SSSR count). The van der Waals surface area contributed by atoms with Gasteiger partial charge in [-0.1, -0.05) is 0 Å². The van der Waals surface area contributed by atoms with Gasteiger partial charge in [-0.2, -0.15) is 0 Å². The molecule has 1 aromatic carbocycles. The maximum Gasteiger partial charge on any atom is 0.175 e. The highest BCUT2D eigenvalue weighted by Crippen LogP contribution is 2.29. The Morgan fingerprint density at radius 2 is 1.88 bits per heavy atom. The van der Waals surface area contributed by atoms with E-state index in [1.165, 1.54) is 12.7 Å². The van der Waals surface area contributed by atoms with Crippen LogP contribution in [-0.4, -0.2) is 26.8 Å². The van der Waals surface area contributed by atoms with Gasteiger partial charge in [-0.3, -0.25) is 0 Å². The molecule has 0 aromatic heterocycles. The smallest absolute Gasteiger partial charge is 0.175 e. The zero-order chi connectivity index (χ0) is 12.5. The average molecular weight is 254 g/mol. The van der Waals surface area contributed by atoms with Crippen LogP contribution >= 0.6 is 0 Å². The second-order valence-electron chi connectivity index (χ2n) is 4.87. The predicted molar refractivity (Wildman–Crippen MR) is 68.8 cm³/mol. The fourth-order valence-electron chi connectivity index (χ4n) is 1.91. The summed E-state index contributed by atoms with van der Waals surface area (Å²) in [5.74, 6) is 0. The first-order valence-electron chi connectivity index (χ1n) is 5.72. The van der Waals surface area contributed by atoms with Crippen LogP contribution in [0, 0.1) is 0 Å². The van der Waals surface area contributed by atoms with Crippen LogP contribution in [0.15, 0.2) is 29.2 Å². The molecule has 94 valence electrons. The minimum absolute atomic E-state index is 0.0739. The second-order valence-corrected chi connectivity index (χ2v) is 6.88. The summed E-state index contributed by atoms with van der Waals surface area (Å²) in [7, 11) is -3.11. The van der Waals surface area contributed by atoms with Gasteiger partial charge in [0.2, 0.25) is 0 Å². The van der Waals surface area contributed by atoms with Crippen molar-refractivity contribution in [3.63, 3.8) is 0 Å². The lowest BCUT2D eigenvalue weighted by molar-refractivity contribution is 0.265. The lowest BCUT2D eigenvalue weighted by Crippen LogP contribution is -2.51. The van der Waals surface area contributed by atoms with Crippen molar-refractivity contribution in [3.8, 4) is 0 Å². The normalized spacial score (nSPS) is 18.5. The highest BCUT2D eigenvalue weighted by Gasteiger charge is 2.31. The van der Waals surface area contributed by atoms with Gasteiger partial charge in [0.1, 0.15) is 0 Å². The Morgan fingerprint density at radius 1 is 1.29 bits per heavy atom. The molecule has 0 bridgehead atoms. The van der Waals surface area contributed by atoms with Gasteiger partial charge in [-0.25, -0.2) is 8.42 Å². The SMILES string of the molecule is CS(=O)(=O)c1ccc(NCC2(N)CCC2)cc1. The van der Waals surface area contributed by atoms with Crippen molar-refractivity contribution in [3.05, 3.63) is 24.3 Å². The molecule has 1 fully saturated rings. The standard InChI is InChI=1S/C12H18N2O2S/c1-17(15,16)11-5-3-10(4-6-11)14-9-12(13)7-2-8-12/h3-6,14H,2,7-9,13H2,1H3. The van der Waals surface area contributed by atoms with Crippen molar-refractivity contribution in [1.29, 1.82) is 0 Å². The third kappa shape index (κ3) is 2.98. The number of anilines is 1. The van der Waals surface area contributed by atoms with Gasteiger partial charge in [-0.05, 0) is 43.5 Å². The maximum atomic E-state index is 11.3. The number of sulfone groups is 1. The van der Waals surface area contributed by atoms with Crippen molar-refractivity contribution in [1.82, 2.24) is 0 Å². The first kappa shape index (κ1) is 12.4. The molecule has 4 nitrogen and oxygen atoms in total. The highest BCUT2D eigenvalue weighted by molar-refractivity contribution is 7.90. The molecule has 17 heavy (non-hydrogen) atoms. The van der Waals surface area contributed by atoms with E-state index in [0.29, 0.717) is 4.90 Å². The minimum atomic E-state index is -3.11. The largest absolute Gasteiger partial charge is 0.383 e. The van der Waals surface area contributed by atoms with E-state index in [0.717, 1.165) is 25.1 Å². The van der Waals surface area contributed by atoms with Crippen LogP contribution in [0.3, 0.4) is 0 Å². The van der Waals surface area contributed by atoms with Gasteiger partial charge in [0.25, 0.3) is 0 Å². The van der Waals surface area contributed by atoms with Crippen LogP contribution in [0.2, 0.25) is 0 Å². The molecule has 0 radical (unpaired) electrons. The van der Waals surface area contributed by atoms with Crippen molar-refractivity contribution < 1.29 is 8.42 Å². The van der Waals surface area contributed by atoms with Crippen LogP contribution < -0.4 is 11.1 Å². The topological polar surface area (TPSA) is 72.2 Å². The molecule has 0 spiro atoms. The molecule has 0 aliphatic heterocycles. The molecular formula is C12H18N2O2S. The Hall–Kier alpha value is -1.07. The van der Waals surface area contributed by atoms with Gasteiger partial charge in [0, 0.05) is 24.0 Å². The molecular weight excluding hydrogens is 236 g/mol. The third-order valence-corrected chi connectivity index (χ3v) is 4.40. The number of rotatable bonds is 4. The molecule has 0 saturated heterocycles. The van der Waals surface area contributed by atoms with E-state index >= 15 is 0 Å². The van der Waals surface area contributed by atoms with Gasteiger partial charge in [0.15, 0.2) is 9.84 Å². The molecule has 3 N–H and O–H groups in total. The molecule has 0 unspecified atom stereocenters. The second kappa shape index (κ2) is 4.31. The molecule has 1 aromatic rings. The molecule has 1 saturated carbocycles. The van der Waals surface area contributed by atoms with E-state index < -0.39 is 9.84 Å². The predicted octanol–water partition coefficient (Wildman–Crippen LogP) is 1.38. The summed E-state index contributed by atoms with van der Waals surface area (Å²) < 4.78 is 22.6. The summed E-state index contributed by atoms with van der Waals surface area (Å²) in [5, 5.41) is 3.25. The van der Waals surface area contributed by atoms with Crippen molar-refractivity contribution in [2.45, 2.75) is 29.7 Å². The fraction of sp³-hybridized carbons (Fsp3) is 0.500. The Bertz CT molecular complexity index is 490. The molecule has 1 aliphatic rings. The monoisotopic (exact) mass is 254 g/mol. The van der Waals surface area contributed by atoms with Crippen LogP contribution in [0.5, 0.6) is 0 Å². The summed E-state index contributed by atoms with van der Waals surface area (Å²) in [5.41, 5.74) is 6.93. The number of hydrogen-bond donors (Lipinski definition) is 2. The van der Waals surface area contributed by atoms with Crippen molar-refractivity contribution in [2.24, 2.45) is 5.73 Å². The Balaban J connectivity index is 1.99. The first-order chi connectivity index (χ1) is 7.89. The summed E-state index contributed by atoms with van der Waals surface area (Å²) in [6.07, 6.45) is 4.52. The molecule has 1 aliphatic carbocycles. The van der Waals surface area contributed by atoms with E-state index in [1.54, 1.807) is 24.3 Å². The Labute approximate surface area is 102 Å². The number of hydrogen-bond acceptors (Lipinski definition) is 4. The zero-order valence-electron chi connectivity index (χ0n) is 9.94. The fourth-order valence-corrected chi connectivity index (χ4v) is 2.54. The number of benzene rings is 1. The maximum absolute atomic E-state index is 11.3. The quantitative estimate of drug-likeness (QED) is 0.851. The van der Waals surface area contributed by atoms with Crippen molar-refractivity contribution in [2.75, 3.05) is 18.1 Å². The van der Waals surface area contributed by atoms with Crippen LogP contribution in [0.4, 0.5) is 5.69 Å². The van der Waals surface area contributed by atoms with Gasteiger partial charge >= 0.3 is 0 Å². The molecule has 5 heteroatoms. The van der Waals surface area contributed by atoms with Crippen molar-refractivity contribution >= 4 is 15.5 Å². The molecule has 0 heterocycles. The van der Waals surface area contributed by atoms with Gasteiger partial charge < -0.3 is 11.1 Å². The minimum Gasteiger partial charge on any atom is -0.383 e. The zero-order valence-corrected chi connectivity index (χ0v) is 10.8. The van der Waals surface area contributed by atoms with E-state index in [2.05, 4.69) is 5.32 Å². The summed E-state index contributed by atoms with van der Waals surface area (Å²) in [4.78, 5) is 0.342. The van der Waals surface area contributed by atoms with Crippen LogP contribution in [0.1, 0.15) is 19.3 Å². The summed E-state index contributed by atoms with van der Waals surface area (Å²) in [6, 6.07) is 6.78. The van der Waals surface area contributed by atoms with E-state index in [-0.39, 0.29) is 5.54 Å². The van der Waals surface area contributed by atoms with E-state index in [1.807, 2.05) is 0 Å². The summed E-state index contributed by atoms with van der Waals surface area (Å²) >= 11 is 0. The Kier molecular flexibility index (Phi) is 3.14. The number of nitrogens with two attached hydrogens (primary N) is 1. The lowest BCUT2D eigenvalue weighted by atomic mass is 9.78. The van der Waals surface area contributed by atoms with E-state index in [9.17, 15) is 8.42 Å². The molecule has 0 amide bonds. The average Bonchev–Trinajstić information content (AvgIpc) is 2.23.